The van der Waals surface area contributed by atoms with Crippen molar-refractivity contribution < 1.29 is 23.5 Å². The number of halogens is 3. The quantitative estimate of drug-likeness (QED) is 0.889. The second-order valence-electron chi connectivity index (χ2n) is 4.02. The summed E-state index contributed by atoms with van der Waals surface area (Å²) in [4.78, 5) is 22.2. The summed E-state index contributed by atoms with van der Waals surface area (Å²) in [5, 5.41) is 10.6. The zero-order valence-corrected chi connectivity index (χ0v) is 9.67. The first-order valence-electron chi connectivity index (χ1n) is 5.08. The number of hydrogen-bond donors (Lipinski definition) is 2. The Morgan fingerprint density at radius 3 is 2.50 bits per heavy atom. The van der Waals surface area contributed by atoms with Crippen molar-refractivity contribution in [2.24, 2.45) is 11.8 Å². The highest BCUT2D eigenvalue weighted by atomic mass is 35.5. The molecule has 0 spiro atoms. The van der Waals surface area contributed by atoms with Crippen LogP contribution in [-0.2, 0) is 9.59 Å². The fourth-order valence-corrected chi connectivity index (χ4v) is 1.88. The monoisotopic (exact) mass is 275 g/mol. The summed E-state index contributed by atoms with van der Waals surface area (Å²) in [6.45, 7) is 0. The number of anilines is 1. The molecule has 0 saturated heterocycles. The summed E-state index contributed by atoms with van der Waals surface area (Å²) in [7, 11) is 0. The number of carboxylic acid groups (broad SMARTS) is 1. The van der Waals surface area contributed by atoms with Gasteiger partial charge in [0.2, 0.25) is 5.91 Å². The molecule has 2 N–H and O–H groups in total. The minimum atomic E-state index is -1.07. The van der Waals surface area contributed by atoms with E-state index in [0.29, 0.717) is 6.07 Å². The molecule has 1 amide bonds. The number of amides is 1. The molecule has 2 atom stereocenters. The van der Waals surface area contributed by atoms with Gasteiger partial charge in [-0.05, 0) is 12.5 Å². The third-order valence-corrected chi connectivity index (χ3v) is 3.00. The average Bonchev–Trinajstić information content (AvgIpc) is 3.02. The van der Waals surface area contributed by atoms with E-state index in [-0.39, 0.29) is 17.1 Å². The molecular weight excluding hydrogens is 268 g/mol. The maximum atomic E-state index is 13.4. The minimum absolute atomic E-state index is 0.210. The number of carbonyl (C=O) groups is 2. The van der Waals surface area contributed by atoms with E-state index in [1.807, 2.05) is 0 Å². The zero-order valence-electron chi connectivity index (χ0n) is 8.91. The van der Waals surface area contributed by atoms with Crippen molar-refractivity contribution in [3.63, 3.8) is 0 Å². The predicted molar refractivity (Wildman–Crippen MR) is 59.2 cm³/mol. The van der Waals surface area contributed by atoms with Gasteiger partial charge in [-0.15, -0.1) is 0 Å². The summed E-state index contributed by atoms with van der Waals surface area (Å²) < 4.78 is 26.1. The lowest BCUT2D eigenvalue weighted by molar-refractivity contribution is -0.139. The van der Waals surface area contributed by atoms with E-state index in [1.54, 1.807) is 0 Å². The molecule has 0 aromatic heterocycles. The van der Waals surface area contributed by atoms with Crippen LogP contribution in [0.5, 0.6) is 0 Å². The van der Waals surface area contributed by atoms with E-state index in [9.17, 15) is 18.4 Å². The Hall–Kier alpha value is -1.69. The van der Waals surface area contributed by atoms with Crippen molar-refractivity contribution in [3.8, 4) is 0 Å². The second-order valence-corrected chi connectivity index (χ2v) is 4.43. The molecule has 96 valence electrons. The van der Waals surface area contributed by atoms with Crippen molar-refractivity contribution in [1.82, 2.24) is 0 Å². The molecule has 1 aliphatic rings. The van der Waals surface area contributed by atoms with Crippen molar-refractivity contribution in [2.45, 2.75) is 6.42 Å². The normalized spacial score (nSPS) is 21.5. The van der Waals surface area contributed by atoms with Crippen LogP contribution in [0.3, 0.4) is 0 Å². The molecule has 0 aliphatic heterocycles. The molecule has 0 bridgehead atoms. The first-order valence-corrected chi connectivity index (χ1v) is 5.46. The molecule has 1 aromatic rings. The van der Waals surface area contributed by atoms with Gasteiger partial charge in [-0.3, -0.25) is 9.59 Å². The lowest BCUT2D eigenvalue weighted by atomic mass is 10.2. The molecule has 4 nitrogen and oxygen atoms in total. The topological polar surface area (TPSA) is 66.4 Å². The highest BCUT2D eigenvalue weighted by molar-refractivity contribution is 6.33. The molecule has 1 fully saturated rings. The van der Waals surface area contributed by atoms with Crippen LogP contribution in [0.2, 0.25) is 5.02 Å². The van der Waals surface area contributed by atoms with Gasteiger partial charge in [0.05, 0.1) is 22.5 Å². The van der Waals surface area contributed by atoms with Crippen LogP contribution in [0, 0.1) is 23.5 Å². The molecule has 1 aliphatic carbocycles. The standard InChI is InChI=1S/C11H8ClF2NO3/c12-7-1-4(13)2-8(14)9(7)15-10(16)5-3-6(5)11(17)18/h1-2,5-6H,3H2,(H,15,16)(H,17,18)/t5-,6+/m1/s1. The van der Waals surface area contributed by atoms with Gasteiger partial charge in [-0.2, -0.15) is 0 Å². The number of carbonyl (C=O) groups excluding carboxylic acids is 1. The summed E-state index contributed by atoms with van der Waals surface area (Å²) >= 11 is 5.59. The number of carboxylic acids is 1. The van der Waals surface area contributed by atoms with Gasteiger partial charge in [-0.1, -0.05) is 11.6 Å². The Labute approximate surface area is 106 Å². The number of aliphatic carboxylic acids is 1. The number of rotatable bonds is 3. The summed E-state index contributed by atoms with van der Waals surface area (Å²) in [6.07, 6.45) is 0.210. The Balaban J connectivity index is 2.11. The van der Waals surface area contributed by atoms with Gasteiger partial charge >= 0.3 is 5.97 Å². The average molecular weight is 276 g/mol. The molecule has 1 saturated carbocycles. The highest BCUT2D eigenvalue weighted by Gasteiger charge is 2.48. The fraction of sp³-hybridized carbons (Fsp3) is 0.273. The maximum absolute atomic E-state index is 13.4. The minimum Gasteiger partial charge on any atom is -0.481 e. The molecule has 0 unspecified atom stereocenters. The maximum Gasteiger partial charge on any atom is 0.307 e. The van der Waals surface area contributed by atoms with Gasteiger partial charge in [0, 0.05) is 6.07 Å². The van der Waals surface area contributed by atoms with Gasteiger partial charge in [-0.25, -0.2) is 8.78 Å². The number of benzene rings is 1. The smallest absolute Gasteiger partial charge is 0.307 e. The van der Waals surface area contributed by atoms with Crippen LogP contribution in [0.1, 0.15) is 6.42 Å². The van der Waals surface area contributed by atoms with Crippen molar-refractivity contribution in [2.75, 3.05) is 5.32 Å². The lowest BCUT2D eigenvalue weighted by Crippen LogP contribution is -2.18. The molecule has 18 heavy (non-hydrogen) atoms. The molecule has 7 heteroatoms. The molecular formula is C11H8ClF2NO3. The first kappa shape index (κ1) is 12.8. The summed E-state index contributed by atoms with van der Waals surface area (Å²) in [5.41, 5.74) is -0.334. The molecule has 2 rings (SSSR count). The van der Waals surface area contributed by atoms with Crippen LogP contribution in [0.25, 0.3) is 0 Å². The van der Waals surface area contributed by atoms with Crippen molar-refractivity contribution >= 4 is 29.2 Å². The van der Waals surface area contributed by atoms with Crippen LogP contribution in [-0.4, -0.2) is 17.0 Å². The SMILES string of the molecule is O=C(O)[C@H]1C[C@H]1C(=O)Nc1c(F)cc(F)cc1Cl. The van der Waals surface area contributed by atoms with E-state index in [0.717, 1.165) is 6.07 Å². The van der Waals surface area contributed by atoms with E-state index in [2.05, 4.69) is 5.32 Å². The Morgan fingerprint density at radius 1 is 1.33 bits per heavy atom. The fourth-order valence-electron chi connectivity index (χ4n) is 1.64. The van der Waals surface area contributed by atoms with Crippen LogP contribution < -0.4 is 5.32 Å². The van der Waals surface area contributed by atoms with Gasteiger partial charge in [0.15, 0.2) is 5.82 Å². The predicted octanol–water partition coefficient (Wildman–Crippen LogP) is 2.28. The van der Waals surface area contributed by atoms with Crippen molar-refractivity contribution in [1.29, 1.82) is 0 Å². The van der Waals surface area contributed by atoms with Gasteiger partial charge < -0.3 is 10.4 Å². The third-order valence-electron chi connectivity index (χ3n) is 2.70. The second kappa shape index (κ2) is 4.53. The number of hydrogen-bond acceptors (Lipinski definition) is 2. The van der Waals surface area contributed by atoms with E-state index >= 15 is 0 Å². The largest absolute Gasteiger partial charge is 0.481 e. The molecule has 0 heterocycles. The Bertz CT molecular complexity index is 512. The Morgan fingerprint density at radius 2 is 2.00 bits per heavy atom. The third kappa shape index (κ3) is 2.43. The van der Waals surface area contributed by atoms with Crippen LogP contribution in [0.4, 0.5) is 14.5 Å². The van der Waals surface area contributed by atoms with E-state index in [4.69, 9.17) is 16.7 Å². The van der Waals surface area contributed by atoms with Crippen molar-refractivity contribution in [3.05, 3.63) is 28.8 Å². The zero-order chi connectivity index (χ0) is 13.4. The van der Waals surface area contributed by atoms with Gasteiger partial charge in [0.25, 0.3) is 0 Å². The summed E-state index contributed by atoms with van der Waals surface area (Å²) in [5.74, 6) is -4.99. The molecule has 0 radical (unpaired) electrons. The summed E-state index contributed by atoms with van der Waals surface area (Å²) in [6, 6.07) is 1.45. The highest BCUT2D eigenvalue weighted by Crippen LogP contribution is 2.40. The lowest BCUT2D eigenvalue weighted by Gasteiger charge is -2.08. The number of nitrogens with one attached hydrogen (secondary N) is 1. The van der Waals surface area contributed by atoms with Crippen LogP contribution >= 0.6 is 11.6 Å². The van der Waals surface area contributed by atoms with E-state index in [1.165, 1.54) is 0 Å². The van der Waals surface area contributed by atoms with E-state index < -0.39 is 35.3 Å². The van der Waals surface area contributed by atoms with Gasteiger partial charge in [0.1, 0.15) is 5.82 Å². The molecule has 1 aromatic carbocycles. The first-order chi connectivity index (χ1) is 8.40. The Kier molecular flexibility index (Phi) is 3.21. The van der Waals surface area contributed by atoms with Crippen LogP contribution in [0.15, 0.2) is 12.1 Å².